The lowest BCUT2D eigenvalue weighted by Crippen LogP contribution is -2.59. The van der Waals surface area contributed by atoms with Crippen LogP contribution >= 0.6 is 15.9 Å². The highest BCUT2D eigenvalue weighted by Crippen LogP contribution is 2.31. The Morgan fingerprint density at radius 1 is 1.00 bits per heavy atom. The van der Waals surface area contributed by atoms with Gasteiger partial charge in [0.25, 0.3) is 11.8 Å². The number of amides is 2. The van der Waals surface area contributed by atoms with Crippen LogP contribution in [0.2, 0.25) is 0 Å². The maximum atomic E-state index is 12.2. The van der Waals surface area contributed by atoms with Gasteiger partial charge in [0.05, 0.1) is 30.9 Å². The van der Waals surface area contributed by atoms with Crippen molar-refractivity contribution >= 4 is 27.7 Å². The maximum Gasteiger partial charge on any atom is 0.262 e. The van der Waals surface area contributed by atoms with E-state index >= 15 is 0 Å². The summed E-state index contributed by atoms with van der Waals surface area (Å²) >= 11 is 3.20. The molecule has 19 heavy (non-hydrogen) atoms. The molecular weight excluding hydrogens is 318 g/mol. The smallest absolute Gasteiger partial charge is 0.262 e. The first-order chi connectivity index (χ1) is 9.00. The van der Waals surface area contributed by atoms with Crippen molar-refractivity contribution < 1.29 is 24.9 Å². The zero-order valence-corrected chi connectivity index (χ0v) is 11.4. The van der Waals surface area contributed by atoms with Crippen LogP contribution in [0, 0.1) is 0 Å². The van der Waals surface area contributed by atoms with Crippen LogP contribution < -0.4 is 0 Å². The molecule has 1 aliphatic heterocycles. The second-order valence-corrected chi connectivity index (χ2v) is 5.25. The lowest BCUT2D eigenvalue weighted by Gasteiger charge is -2.35. The van der Waals surface area contributed by atoms with Gasteiger partial charge in [-0.3, -0.25) is 14.5 Å². The molecule has 1 heterocycles. The fraction of sp³-hybridized carbons (Fsp3) is 0.333. The number of nitrogens with zero attached hydrogens (tertiary/aromatic N) is 1. The number of imide groups is 1. The van der Waals surface area contributed by atoms with Gasteiger partial charge < -0.3 is 15.3 Å². The molecule has 6 nitrogen and oxygen atoms in total. The van der Waals surface area contributed by atoms with Gasteiger partial charge in [-0.05, 0) is 18.2 Å². The van der Waals surface area contributed by atoms with Crippen LogP contribution in [0.1, 0.15) is 20.7 Å². The first-order valence-electron chi connectivity index (χ1n) is 5.52. The molecule has 102 valence electrons. The Labute approximate surface area is 117 Å². The van der Waals surface area contributed by atoms with Crippen molar-refractivity contribution in [1.29, 1.82) is 0 Å². The van der Waals surface area contributed by atoms with Gasteiger partial charge in [0.1, 0.15) is 5.54 Å². The van der Waals surface area contributed by atoms with Crippen LogP contribution in [0.5, 0.6) is 0 Å². The summed E-state index contributed by atoms with van der Waals surface area (Å²) in [5.41, 5.74) is -1.33. The highest BCUT2D eigenvalue weighted by molar-refractivity contribution is 9.10. The number of halogens is 1. The SMILES string of the molecule is O=C1c2ccc(Br)cc2C(=O)N1C(CO)(CO)CO. The predicted molar refractivity (Wildman–Crippen MR) is 68.6 cm³/mol. The van der Waals surface area contributed by atoms with Crippen LogP contribution in [-0.2, 0) is 0 Å². The number of hydrogen-bond acceptors (Lipinski definition) is 5. The number of carbonyl (C=O) groups excluding carboxylic acids is 2. The van der Waals surface area contributed by atoms with Crippen LogP contribution in [0.25, 0.3) is 0 Å². The number of benzene rings is 1. The average Bonchev–Trinajstić information content (AvgIpc) is 2.66. The van der Waals surface area contributed by atoms with E-state index in [-0.39, 0.29) is 11.1 Å². The van der Waals surface area contributed by atoms with Gasteiger partial charge in [-0.1, -0.05) is 15.9 Å². The predicted octanol–water partition coefficient (Wildman–Crippen LogP) is -0.239. The molecular formula is C12H12BrNO5. The van der Waals surface area contributed by atoms with E-state index in [0.717, 1.165) is 4.90 Å². The molecule has 2 amide bonds. The molecule has 0 aliphatic carbocycles. The first kappa shape index (κ1) is 14.1. The lowest BCUT2D eigenvalue weighted by molar-refractivity contribution is -0.0237. The summed E-state index contributed by atoms with van der Waals surface area (Å²) in [6, 6.07) is 4.59. The zero-order chi connectivity index (χ0) is 14.2. The van der Waals surface area contributed by atoms with Gasteiger partial charge in [0.15, 0.2) is 0 Å². The van der Waals surface area contributed by atoms with Crippen LogP contribution in [-0.4, -0.2) is 57.4 Å². The van der Waals surface area contributed by atoms with E-state index in [9.17, 15) is 24.9 Å². The van der Waals surface area contributed by atoms with E-state index in [0.29, 0.717) is 4.47 Å². The largest absolute Gasteiger partial charge is 0.394 e. The van der Waals surface area contributed by atoms with Gasteiger partial charge in [-0.2, -0.15) is 0 Å². The summed E-state index contributed by atoms with van der Waals surface area (Å²) in [5, 5.41) is 28.0. The second-order valence-electron chi connectivity index (χ2n) is 4.33. The molecule has 0 bridgehead atoms. The Morgan fingerprint density at radius 3 is 2.05 bits per heavy atom. The third-order valence-corrected chi connectivity index (χ3v) is 3.70. The summed E-state index contributed by atoms with van der Waals surface area (Å²) in [5.74, 6) is -1.27. The van der Waals surface area contributed by atoms with E-state index in [1.807, 2.05) is 0 Å². The van der Waals surface area contributed by atoms with Crippen molar-refractivity contribution in [3.63, 3.8) is 0 Å². The van der Waals surface area contributed by atoms with E-state index < -0.39 is 37.2 Å². The third kappa shape index (κ3) is 1.99. The molecule has 0 unspecified atom stereocenters. The molecule has 3 N–H and O–H groups in total. The van der Waals surface area contributed by atoms with Gasteiger partial charge in [-0.25, -0.2) is 0 Å². The Hall–Kier alpha value is -1.28. The zero-order valence-electron chi connectivity index (χ0n) is 9.84. The molecule has 0 saturated heterocycles. The van der Waals surface area contributed by atoms with Crippen molar-refractivity contribution in [2.75, 3.05) is 19.8 Å². The minimum Gasteiger partial charge on any atom is -0.394 e. The molecule has 1 aromatic rings. The Balaban J connectivity index is 2.53. The Kier molecular flexibility index (Phi) is 3.73. The van der Waals surface area contributed by atoms with Crippen LogP contribution in [0.3, 0.4) is 0 Å². The number of aliphatic hydroxyl groups excluding tert-OH is 3. The minimum atomic E-state index is -1.69. The van der Waals surface area contributed by atoms with Crippen molar-refractivity contribution in [2.45, 2.75) is 5.54 Å². The second kappa shape index (κ2) is 5.01. The number of fused-ring (bicyclic) bond motifs is 1. The summed E-state index contributed by atoms with van der Waals surface area (Å²) in [7, 11) is 0. The van der Waals surface area contributed by atoms with Gasteiger partial charge in [0, 0.05) is 4.47 Å². The molecule has 0 saturated carbocycles. The topological polar surface area (TPSA) is 98.1 Å². The van der Waals surface area contributed by atoms with E-state index in [1.165, 1.54) is 12.1 Å². The minimum absolute atomic E-state index is 0.180. The first-order valence-corrected chi connectivity index (χ1v) is 6.31. The van der Waals surface area contributed by atoms with Crippen molar-refractivity contribution in [3.8, 4) is 0 Å². The van der Waals surface area contributed by atoms with Crippen molar-refractivity contribution in [2.24, 2.45) is 0 Å². The van der Waals surface area contributed by atoms with Crippen molar-refractivity contribution in [1.82, 2.24) is 4.90 Å². The number of rotatable bonds is 4. The Morgan fingerprint density at radius 2 is 1.53 bits per heavy atom. The number of aliphatic hydroxyl groups is 3. The highest BCUT2D eigenvalue weighted by atomic mass is 79.9. The van der Waals surface area contributed by atoms with Crippen LogP contribution in [0.4, 0.5) is 0 Å². The molecule has 0 atom stereocenters. The summed E-state index contributed by atoms with van der Waals surface area (Å²) in [4.78, 5) is 25.2. The molecule has 0 spiro atoms. The summed E-state index contributed by atoms with van der Waals surface area (Å²) in [6.07, 6.45) is 0. The van der Waals surface area contributed by atoms with E-state index in [1.54, 1.807) is 6.07 Å². The molecule has 0 radical (unpaired) electrons. The fourth-order valence-corrected chi connectivity index (χ4v) is 2.37. The quantitative estimate of drug-likeness (QED) is 0.662. The van der Waals surface area contributed by atoms with Gasteiger partial charge in [-0.15, -0.1) is 0 Å². The lowest BCUT2D eigenvalue weighted by atomic mass is 10.0. The monoisotopic (exact) mass is 329 g/mol. The Bertz CT molecular complexity index is 533. The van der Waals surface area contributed by atoms with E-state index in [4.69, 9.17) is 0 Å². The van der Waals surface area contributed by atoms with E-state index in [2.05, 4.69) is 15.9 Å². The fourth-order valence-electron chi connectivity index (χ4n) is 2.01. The standard InChI is InChI=1S/C12H12BrNO5/c13-7-1-2-8-9(3-7)11(19)14(10(8)18)12(4-15,5-16)6-17/h1-3,15-17H,4-6H2. The molecule has 7 heteroatoms. The number of hydrogen-bond donors (Lipinski definition) is 3. The van der Waals surface area contributed by atoms with Gasteiger partial charge >= 0.3 is 0 Å². The van der Waals surface area contributed by atoms with Crippen molar-refractivity contribution in [3.05, 3.63) is 33.8 Å². The molecule has 1 aliphatic rings. The number of carbonyl (C=O) groups is 2. The summed E-state index contributed by atoms with van der Waals surface area (Å²) < 4.78 is 0.636. The highest BCUT2D eigenvalue weighted by Gasteiger charge is 2.48. The van der Waals surface area contributed by atoms with Gasteiger partial charge in [0.2, 0.25) is 0 Å². The molecule has 0 fully saturated rings. The molecule has 0 aromatic heterocycles. The third-order valence-electron chi connectivity index (χ3n) is 3.21. The maximum absolute atomic E-state index is 12.2. The van der Waals surface area contributed by atoms with Crippen LogP contribution in [0.15, 0.2) is 22.7 Å². The average molecular weight is 330 g/mol. The molecule has 2 rings (SSSR count). The normalized spacial score (nSPS) is 15.1. The molecule has 1 aromatic carbocycles. The summed E-state index contributed by atoms with van der Waals surface area (Å²) in [6.45, 7) is -2.15.